The molecule has 3 heteroatoms. The van der Waals surface area contributed by atoms with Crippen LogP contribution in [0.25, 0.3) is 0 Å². The van der Waals surface area contributed by atoms with Gasteiger partial charge in [-0.1, -0.05) is 40.0 Å². The average Bonchev–Trinajstić information content (AvgIpc) is 3.63. The topological polar surface area (TPSA) is 27.7 Å². The minimum absolute atomic E-state index is 0.630. The van der Waals surface area contributed by atoms with E-state index in [0.29, 0.717) is 5.41 Å². The van der Waals surface area contributed by atoms with Gasteiger partial charge in [0.25, 0.3) is 0 Å². The highest BCUT2D eigenvalue weighted by atomic mass is 16.5. The van der Waals surface area contributed by atoms with E-state index in [4.69, 9.17) is 14.2 Å². The molecule has 0 amide bonds. The third kappa shape index (κ3) is 11.2. The van der Waals surface area contributed by atoms with Crippen molar-refractivity contribution in [2.45, 2.75) is 99.3 Å². The van der Waals surface area contributed by atoms with E-state index < -0.39 is 0 Å². The van der Waals surface area contributed by atoms with Crippen molar-refractivity contribution in [3.63, 3.8) is 0 Å². The molecule has 3 rings (SSSR count). The van der Waals surface area contributed by atoms with Gasteiger partial charge in [0.2, 0.25) is 0 Å². The second-order valence-corrected chi connectivity index (χ2v) is 9.38. The smallest absolute Gasteiger partial charge is 0.0522 e. The van der Waals surface area contributed by atoms with Crippen LogP contribution in [0.15, 0.2) is 0 Å². The summed E-state index contributed by atoms with van der Waals surface area (Å²) in [6.45, 7) is 18.7. The van der Waals surface area contributed by atoms with Crippen molar-refractivity contribution in [2.24, 2.45) is 29.1 Å². The molecule has 3 nitrogen and oxygen atoms in total. The van der Waals surface area contributed by atoms with Gasteiger partial charge in [-0.05, 0) is 88.4 Å². The Kier molecular flexibility index (Phi) is 14.5. The summed E-state index contributed by atoms with van der Waals surface area (Å²) in [7, 11) is 0. The van der Waals surface area contributed by atoms with E-state index in [-0.39, 0.29) is 0 Å². The monoisotopic (exact) mass is 412 g/mol. The van der Waals surface area contributed by atoms with Gasteiger partial charge < -0.3 is 14.2 Å². The molecule has 3 aliphatic rings. The van der Waals surface area contributed by atoms with Crippen LogP contribution in [0.2, 0.25) is 0 Å². The van der Waals surface area contributed by atoms with E-state index in [9.17, 15) is 0 Å². The van der Waals surface area contributed by atoms with Gasteiger partial charge in [0, 0.05) is 33.0 Å². The molecular formula is C26H52O3. The lowest BCUT2D eigenvalue weighted by molar-refractivity contribution is 0.0362. The van der Waals surface area contributed by atoms with E-state index in [1.54, 1.807) is 0 Å². The number of rotatable bonds is 13. The Bertz CT molecular complexity index is 378. The second-order valence-electron chi connectivity index (χ2n) is 9.38. The minimum atomic E-state index is 0.630. The number of hydrogen-bond donors (Lipinski definition) is 0. The minimum Gasteiger partial charge on any atom is -0.381 e. The summed E-state index contributed by atoms with van der Waals surface area (Å²) in [6, 6.07) is 0. The van der Waals surface area contributed by atoms with Crippen molar-refractivity contribution in [2.75, 3.05) is 39.6 Å². The summed E-state index contributed by atoms with van der Waals surface area (Å²) in [6.07, 6.45) is 12.4. The Hall–Kier alpha value is -0.120. The summed E-state index contributed by atoms with van der Waals surface area (Å²) in [5.41, 5.74) is 0.630. The maximum atomic E-state index is 5.41. The van der Waals surface area contributed by atoms with Gasteiger partial charge in [-0.3, -0.25) is 0 Å². The van der Waals surface area contributed by atoms with Gasteiger partial charge in [-0.2, -0.15) is 0 Å². The van der Waals surface area contributed by atoms with Crippen molar-refractivity contribution in [1.29, 1.82) is 0 Å². The summed E-state index contributed by atoms with van der Waals surface area (Å²) in [4.78, 5) is 0. The van der Waals surface area contributed by atoms with Crippen molar-refractivity contribution in [3.8, 4) is 0 Å². The van der Waals surface area contributed by atoms with Gasteiger partial charge in [0.15, 0.2) is 0 Å². The Morgan fingerprint density at radius 1 is 0.655 bits per heavy atom. The maximum Gasteiger partial charge on any atom is 0.0522 e. The van der Waals surface area contributed by atoms with Crippen molar-refractivity contribution in [3.05, 3.63) is 0 Å². The SMILES string of the molecule is CCCC1(COCC)CC1.CCOCC1CC1CC.CCOCC1CCC1CC. The standard InChI is InChI=1S/2C9H18O.C8H16O/c1-3-8-5-6-9(8)7-10-4-2;1-3-5-9(6-7-9)8-10-4-2;1-3-7-5-8(7)6-9-4-2/h8-9H,3-7H2,1-2H3;3-8H2,1-2H3;7-8H,3-6H2,1-2H3. The molecule has 4 atom stereocenters. The summed E-state index contributed by atoms with van der Waals surface area (Å²) >= 11 is 0. The fourth-order valence-corrected chi connectivity index (χ4v) is 4.44. The van der Waals surface area contributed by atoms with Crippen molar-refractivity contribution < 1.29 is 14.2 Å². The number of ether oxygens (including phenoxy) is 3. The molecule has 3 aliphatic carbocycles. The van der Waals surface area contributed by atoms with Crippen LogP contribution in [0.5, 0.6) is 0 Å². The van der Waals surface area contributed by atoms with E-state index >= 15 is 0 Å². The lowest BCUT2D eigenvalue weighted by Crippen LogP contribution is -2.29. The molecule has 0 heterocycles. The zero-order valence-corrected chi connectivity index (χ0v) is 20.6. The Morgan fingerprint density at radius 2 is 1.21 bits per heavy atom. The van der Waals surface area contributed by atoms with E-state index in [0.717, 1.165) is 63.3 Å². The Balaban J connectivity index is 0.000000218. The molecule has 0 spiro atoms. The van der Waals surface area contributed by atoms with E-state index in [2.05, 4.69) is 41.5 Å². The fourth-order valence-electron chi connectivity index (χ4n) is 4.44. The maximum absolute atomic E-state index is 5.41. The van der Waals surface area contributed by atoms with Crippen LogP contribution in [0, 0.1) is 29.1 Å². The van der Waals surface area contributed by atoms with Crippen LogP contribution in [0.3, 0.4) is 0 Å². The first-order valence-corrected chi connectivity index (χ1v) is 12.8. The second kappa shape index (κ2) is 15.6. The van der Waals surface area contributed by atoms with Crippen LogP contribution in [0.1, 0.15) is 99.3 Å². The predicted octanol–water partition coefficient (Wildman–Crippen LogP) is 7.13. The van der Waals surface area contributed by atoms with Crippen LogP contribution >= 0.6 is 0 Å². The molecule has 0 aliphatic heterocycles. The molecule has 0 saturated heterocycles. The van der Waals surface area contributed by atoms with Crippen molar-refractivity contribution in [1.82, 2.24) is 0 Å². The molecule has 4 unspecified atom stereocenters. The molecule has 0 radical (unpaired) electrons. The lowest BCUT2D eigenvalue weighted by Gasteiger charge is -2.35. The predicted molar refractivity (Wildman–Crippen MR) is 124 cm³/mol. The number of hydrogen-bond acceptors (Lipinski definition) is 3. The molecule has 0 aromatic carbocycles. The van der Waals surface area contributed by atoms with Crippen molar-refractivity contribution >= 4 is 0 Å². The zero-order chi connectivity index (χ0) is 21.5. The molecule has 29 heavy (non-hydrogen) atoms. The molecule has 3 saturated carbocycles. The van der Waals surface area contributed by atoms with Crippen LogP contribution in [-0.4, -0.2) is 39.6 Å². The van der Waals surface area contributed by atoms with Crippen LogP contribution in [0.4, 0.5) is 0 Å². The van der Waals surface area contributed by atoms with E-state index in [1.807, 2.05) is 0 Å². The highest BCUT2D eigenvalue weighted by molar-refractivity contribution is 4.92. The van der Waals surface area contributed by atoms with Gasteiger partial charge in [0.1, 0.15) is 0 Å². The van der Waals surface area contributed by atoms with Gasteiger partial charge in [-0.25, -0.2) is 0 Å². The zero-order valence-electron chi connectivity index (χ0n) is 20.6. The first kappa shape index (κ1) is 26.9. The normalized spacial score (nSPS) is 28.3. The third-order valence-corrected chi connectivity index (χ3v) is 7.11. The Morgan fingerprint density at radius 3 is 1.59 bits per heavy atom. The molecule has 3 fully saturated rings. The summed E-state index contributed by atoms with van der Waals surface area (Å²) in [5, 5.41) is 0. The van der Waals surface area contributed by atoms with E-state index in [1.165, 1.54) is 57.8 Å². The molecule has 0 bridgehead atoms. The molecule has 0 N–H and O–H groups in total. The van der Waals surface area contributed by atoms with Gasteiger partial charge in [-0.15, -0.1) is 0 Å². The largest absolute Gasteiger partial charge is 0.381 e. The lowest BCUT2D eigenvalue weighted by atomic mass is 9.73. The van der Waals surface area contributed by atoms with Gasteiger partial charge in [0.05, 0.1) is 6.61 Å². The third-order valence-electron chi connectivity index (χ3n) is 7.11. The molecule has 0 aromatic heterocycles. The van der Waals surface area contributed by atoms with Crippen LogP contribution in [-0.2, 0) is 14.2 Å². The average molecular weight is 413 g/mol. The first-order chi connectivity index (χ1) is 14.1. The molecule has 174 valence electrons. The highest BCUT2D eigenvalue weighted by Crippen LogP contribution is 2.49. The summed E-state index contributed by atoms with van der Waals surface area (Å²) < 4.78 is 16.1. The molecular weight excluding hydrogens is 360 g/mol. The quantitative estimate of drug-likeness (QED) is 0.322. The summed E-state index contributed by atoms with van der Waals surface area (Å²) in [5.74, 6) is 3.78. The van der Waals surface area contributed by atoms with Crippen LogP contribution < -0.4 is 0 Å². The highest BCUT2D eigenvalue weighted by Gasteiger charge is 2.41. The molecule has 0 aromatic rings. The fraction of sp³-hybridized carbons (Fsp3) is 1.00. The van der Waals surface area contributed by atoms with Gasteiger partial charge >= 0.3 is 0 Å². The first-order valence-electron chi connectivity index (χ1n) is 12.8. The Labute approximate surface area is 182 Å².